The highest BCUT2D eigenvalue weighted by molar-refractivity contribution is 5.89. The number of nitrogens with zero attached hydrogens (tertiary/aromatic N) is 1. The van der Waals surface area contributed by atoms with Crippen LogP contribution in [0.3, 0.4) is 0 Å². The summed E-state index contributed by atoms with van der Waals surface area (Å²) in [7, 11) is 3.06. The van der Waals surface area contributed by atoms with Crippen molar-refractivity contribution in [3.63, 3.8) is 0 Å². The predicted octanol–water partition coefficient (Wildman–Crippen LogP) is 5.82. The number of nitrogens with one attached hydrogen (secondary N) is 3. The molecule has 0 radical (unpaired) electrons. The maximum atomic E-state index is 14.7. The van der Waals surface area contributed by atoms with Crippen molar-refractivity contribution in [1.29, 1.82) is 0 Å². The molecule has 4 unspecified atom stereocenters. The van der Waals surface area contributed by atoms with E-state index in [2.05, 4.69) is 16.0 Å². The molecule has 3 aliphatic rings. The number of carbonyl (C=O) groups is 3. The van der Waals surface area contributed by atoms with E-state index in [1.165, 1.54) is 18.9 Å². The van der Waals surface area contributed by atoms with Crippen LogP contribution in [0.5, 0.6) is 0 Å². The van der Waals surface area contributed by atoms with Gasteiger partial charge in [0.2, 0.25) is 0 Å². The Labute approximate surface area is 425 Å². The lowest BCUT2D eigenvalue weighted by Gasteiger charge is -2.53. The van der Waals surface area contributed by atoms with Gasteiger partial charge in [-0.3, -0.25) is 10.1 Å². The van der Waals surface area contributed by atoms with Gasteiger partial charge in [0.05, 0.1) is 48.6 Å². The number of esters is 1. The van der Waals surface area contributed by atoms with Crippen LogP contribution in [0.15, 0.2) is 60.7 Å². The highest BCUT2D eigenvalue weighted by Gasteiger charge is 2.59. The first-order valence-corrected chi connectivity index (χ1v) is 25.5. The van der Waals surface area contributed by atoms with Crippen molar-refractivity contribution < 1.29 is 72.7 Å². The quantitative estimate of drug-likeness (QED) is 0.117. The number of hydrogen-bond acceptors (Lipinski definition) is 16. The van der Waals surface area contributed by atoms with Crippen molar-refractivity contribution in [3.8, 4) is 0 Å². The molecule has 3 heterocycles. The first-order valence-electron chi connectivity index (χ1n) is 25.5. The van der Waals surface area contributed by atoms with Crippen LogP contribution >= 0.6 is 0 Å². The highest BCUT2D eigenvalue weighted by Crippen LogP contribution is 2.44. The van der Waals surface area contributed by atoms with E-state index in [1.54, 1.807) is 117 Å². The number of aliphatic hydroxyl groups excluding tert-OH is 1. The largest absolute Gasteiger partial charge is 0.459 e. The second-order valence-electron chi connectivity index (χ2n) is 21.0. The minimum absolute atomic E-state index is 0.0296. The van der Waals surface area contributed by atoms with Gasteiger partial charge in [-0.15, -0.1) is 0 Å². The van der Waals surface area contributed by atoms with Gasteiger partial charge in [0, 0.05) is 50.5 Å². The molecule has 2 aromatic carbocycles. The minimum atomic E-state index is -1.90. The van der Waals surface area contributed by atoms with Crippen molar-refractivity contribution in [2.75, 3.05) is 44.5 Å². The van der Waals surface area contributed by atoms with Crippen molar-refractivity contribution in [2.24, 2.45) is 17.8 Å². The molecule has 72 heavy (non-hydrogen) atoms. The maximum Gasteiger partial charge on any atom is 0.412 e. The second kappa shape index (κ2) is 25.0. The van der Waals surface area contributed by atoms with E-state index < -0.39 is 120 Å². The molecule has 3 fully saturated rings. The van der Waals surface area contributed by atoms with Crippen molar-refractivity contribution >= 4 is 29.5 Å². The number of cyclic esters (lactones) is 1. The van der Waals surface area contributed by atoms with Crippen LogP contribution in [-0.4, -0.2) is 167 Å². The summed E-state index contributed by atoms with van der Waals surface area (Å²) in [6.07, 6.45) is -10.9. The van der Waals surface area contributed by atoms with Gasteiger partial charge in [0.1, 0.15) is 29.0 Å². The predicted molar refractivity (Wildman–Crippen MR) is 269 cm³/mol. The van der Waals surface area contributed by atoms with Gasteiger partial charge in [-0.05, 0) is 111 Å². The van der Waals surface area contributed by atoms with Crippen molar-refractivity contribution in [2.45, 2.75) is 192 Å². The first-order chi connectivity index (χ1) is 33.8. The van der Waals surface area contributed by atoms with E-state index >= 15 is 0 Å². The average Bonchev–Trinajstić information content (AvgIpc) is 3.34. The molecule has 2 aromatic rings. The third kappa shape index (κ3) is 13.8. The molecule has 406 valence electrons. The summed E-state index contributed by atoms with van der Waals surface area (Å²) in [5.74, 6) is -3.23. The van der Waals surface area contributed by atoms with Gasteiger partial charge in [-0.1, -0.05) is 57.2 Å². The molecule has 3 saturated heterocycles. The standard InChI is InChI=1S/C53H84N4O15/c1-14-40-52(11,63)44(58)35(7)54-29-31(3)27-50(9,62)45(33(5)42(34(6)46(59)69-40)70-41-28-51(10,65-13)53(64,30-66-15-2)36(8)68-41)72-47-43(71-49(61)56-38-24-20-17-21-25-38)39(26-32(4)67-47)57(12)48(60)55-37-22-18-16-19-23-37/h16-25,31-36,39-45,47,54,58,62-64H,14-15,26-30H2,1-13H3,(H,55,60)(H,56,61)/t31-,32?,33+,34-,35-,36+,39?,40-,41+,42+,43?,44-,45-,47?,50-,51-,52-,53+/m1/s1. The van der Waals surface area contributed by atoms with Gasteiger partial charge >= 0.3 is 18.1 Å². The molecule has 0 aliphatic carbocycles. The SMILES string of the molecule is CCOC[C@]1(O)[C@H](C)O[C@@H](O[C@H]2[C@H](C)[C@@H](OC3OC(C)CC(N(C)C(=O)Nc4ccccc4)C3OC(=O)Nc3ccccc3)[C@](C)(O)C[C@@H](C)CN[C@H](C)[C@@H](O)[C@](C)(O)[C@@H](CC)OC(=O)[C@@H]2C)C[C@@]1(C)OC. The summed E-state index contributed by atoms with van der Waals surface area (Å²) in [6.45, 7) is 19.3. The lowest BCUT2D eigenvalue weighted by molar-refractivity contribution is -0.343. The number of methoxy groups -OCH3 is 1. The van der Waals surface area contributed by atoms with E-state index in [4.69, 9.17) is 37.9 Å². The zero-order valence-electron chi connectivity index (χ0n) is 44.5. The van der Waals surface area contributed by atoms with E-state index in [0.29, 0.717) is 18.0 Å². The highest BCUT2D eigenvalue weighted by atomic mass is 16.7. The van der Waals surface area contributed by atoms with Gasteiger partial charge in [-0.25, -0.2) is 9.59 Å². The molecule has 5 rings (SSSR count). The van der Waals surface area contributed by atoms with E-state index in [-0.39, 0.29) is 44.8 Å². The summed E-state index contributed by atoms with van der Waals surface area (Å²) < 4.78 is 51.1. The molecular formula is C53H84N4O15. The third-order valence-corrected chi connectivity index (χ3v) is 15.1. The second-order valence-corrected chi connectivity index (χ2v) is 21.0. The molecule has 0 aromatic heterocycles. The van der Waals surface area contributed by atoms with Gasteiger partial charge in [0.25, 0.3) is 0 Å². The van der Waals surface area contributed by atoms with Crippen LogP contribution in [0.2, 0.25) is 0 Å². The molecule has 3 amide bonds. The zero-order chi connectivity index (χ0) is 53.3. The number of para-hydroxylation sites is 2. The molecule has 3 aliphatic heterocycles. The number of hydrogen-bond donors (Lipinski definition) is 7. The fourth-order valence-corrected chi connectivity index (χ4v) is 10.6. The third-order valence-electron chi connectivity index (χ3n) is 15.1. The molecule has 0 saturated carbocycles. The Morgan fingerprint density at radius 1 is 0.861 bits per heavy atom. The van der Waals surface area contributed by atoms with Crippen LogP contribution in [0.25, 0.3) is 0 Å². The Kier molecular flexibility index (Phi) is 20.5. The molecule has 18 atom stereocenters. The average molecular weight is 1020 g/mol. The van der Waals surface area contributed by atoms with Gasteiger partial charge in [-0.2, -0.15) is 0 Å². The number of aliphatic hydroxyl groups is 4. The fraction of sp³-hybridized carbons (Fsp3) is 0.717. The lowest BCUT2D eigenvalue weighted by atomic mass is 9.75. The van der Waals surface area contributed by atoms with Crippen LogP contribution < -0.4 is 16.0 Å². The molecule has 19 heteroatoms. The normalized spacial score (nSPS) is 39.4. The van der Waals surface area contributed by atoms with Crippen LogP contribution in [0.4, 0.5) is 21.0 Å². The van der Waals surface area contributed by atoms with Gasteiger partial charge in [0.15, 0.2) is 18.7 Å². The summed E-state index contributed by atoms with van der Waals surface area (Å²) in [5, 5.41) is 57.5. The summed E-state index contributed by atoms with van der Waals surface area (Å²) in [4.78, 5) is 44.1. The Hall–Kier alpha value is -3.99. The molecule has 0 spiro atoms. The van der Waals surface area contributed by atoms with E-state index in [0.717, 1.165) is 0 Å². The molecular weight excluding hydrogens is 933 g/mol. The van der Waals surface area contributed by atoms with Crippen molar-refractivity contribution in [3.05, 3.63) is 60.7 Å². The Balaban J connectivity index is 1.63. The summed E-state index contributed by atoms with van der Waals surface area (Å²) in [5.41, 5.74) is -5.59. The smallest absolute Gasteiger partial charge is 0.412 e. The van der Waals surface area contributed by atoms with E-state index in [1.807, 2.05) is 19.9 Å². The summed E-state index contributed by atoms with van der Waals surface area (Å²) in [6, 6.07) is 15.6. The Morgan fingerprint density at radius 3 is 2.06 bits per heavy atom. The number of ether oxygens (including phenoxy) is 8. The molecule has 19 nitrogen and oxygen atoms in total. The maximum absolute atomic E-state index is 14.7. The topological polar surface area (TPSA) is 245 Å². The molecule has 0 bridgehead atoms. The van der Waals surface area contributed by atoms with Crippen LogP contribution in [-0.2, 0) is 42.7 Å². The number of anilines is 2. The number of rotatable bonds is 13. The van der Waals surface area contributed by atoms with E-state index in [9.17, 15) is 34.8 Å². The monoisotopic (exact) mass is 1020 g/mol. The first kappa shape index (κ1) is 58.9. The van der Waals surface area contributed by atoms with Gasteiger partial charge < -0.3 is 73.9 Å². The number of amides is 3. The van der Waals surface area contributed by atoms with Crippen LogP contribution in [0.1, 0.15) is 102 Å². The number of urea groups is 1. The Bertz CT molecular complexity index is 2040. The van der Waals surface area contributed by atoms with Crippen molar-refractivity contribution in [1.82, 2.24) is 10.2 Å². The zero-order valence-corrected chi connectivity index (χ0v) is 44.5. The molecule has 7 N–H and O–H groups in total. The minimum Gasteiger partial charge on any atom is -0.459 e. The summed E-state index contributed by atoms with van der Waals surface area (Å²) >= 11 is 0. The number of carbonyl (C=O) groups excluding carboxylic acids is 3. The van der Waals surface area contributed by atoms with Crippen LogP contribution in [0, 0.1) is 17.8 Å². The lowest BCUT2D eigenvalue weighted by Crippen LogP contribution is -2.68. The number of likely N-dealkylation sites (N-methyl/N-ethyl adjacent to an activating group) is 1. The Morgan fingerprint density at radius 2 is 1.47 bits per heavy atom. The fourth-order valence-electron chi connectivity index (χ4n) is 10.6. The number of benzene rings is 2.